The molecule has 6 heteroatoms. The van der Waals surface area contributed by atoms with Crippen LogP contribution in [0.15, 0.2) is 47.6 Å². The van der Waals surface area contributed by atoms with E-state index in [1.54, 1.807) is 30.5 Å². The number of nitrogens with zero attached hydrogens (tertiary/aromatic N) is 1. The first-order chi connectivity index (χ1) is 13.2. The molecule has 2 rings (SSSR count). The first-order valence-corrected chi connectivity index (χ1v) is 9.23. The smallest absolute Gasteiger partial charge is 0.273 e. The number of hydrogen-bond donors (Lipinski definition) is 2. The zero-order chi connectivity index (χ0) is 19.5. The summed E-state index contributed by atoms with van der Waals surface area (Å²) in [5, 5.41) is 4.00. The number of nitrogens with two attached hydrogens (primary N) is 1. The predicted octanol–water partition coefficient (Wildman–Crippen LogP) is 4.00. The molecule has 0 aliphatic carbocycles. The maximum absolute atomic E-state index is 12.1. The van der Waals surface area contributed by atoms with Gasteiger partial charge < -0.3 is 15.2 Å². The fraction of sp³-hybridized carbons (Fsp3) is 0.333. The van der Waals surface area contributed by atoms with E-state index < -0.39 is 0 Å². The number of hydrazone groups is 1. The Kier molecular flexibility index (Phi) is 8.16. The number of para-hydroxylation sites is 1. The van der Waals surface area contributed by atoms with Crippen LogP contribution >= 0.6 is 0 Å². The lowest BCUT2D eigenvalue weighted by atomic mass is 10.2. The molecule has 144 valence electrons. The molecule has 0 unspecified atom stereocenters. The summed E-state index contributed by atoms with van der Waals surface area (Å²) >= 11 is 0. The molecular formula is C21H27N3O3. The van der Waals surface area contributed by atoms with E-state index in [1.165, 1.54) is 0 Å². The molecule has 0 aromatic heterocycles. The monoisotopic (exact) mass is 369 g/mol. The number of amides is 1. The van der Waals surface area contributed by atoms with Crippen LogP contribution in [0.1, 0.15) is 49.0 Å². The van der Waals surface area contributed by atoms with Gasteiger partial charge in [0.25, 0.3) is 5.91 Å². The Balaban J connectivity index is 2.00. The quantitative estimate of drug-likeness (QED) is 0.287. The highest BCUT2D eigenvalue weighted by atomic mass is 16.5. The molecule has 27 heavy (non-hydrogen) atoms. The van der Waals surface area contributed by atoms with Crippen molar-refractivity contribution in [3.8, 4) is 11.5 Å². The zero-order valence-electron chi connectivity index (χ0n) is 15.9. The van der Waals surface area contributed by atoms with Crippen LogP contribution in [-0.4, -0.2) is 25.3 Å². The van der Waals surface area contributed by atoms with Gasteiger partial charge in [0.2, 0.25) is 0 Å². The molecule has 0 saturated heterocycles. The Hall–Kier alpha value is -3.02. The molecular weight excluding hydrogens is 342 g/mol. The molecule has 2 aromatic rings. The van der Waals surface area contributed by atoms with Crippen LogP contribution in [0.3, 0.4) is 0 Å². The van der Waals surface area contributed by atoms with Crippen molar-refractivity contribution < 1.29 is 14.3 Å². The van der Waals surface area contributed by atoms with E-state index in [4.69, 9.17) is 15.2 Å². The van der Waals surface area contributed by atoms with Crippen LogP contribution < -0.4 is 20.6 Å². The third-order valence-electron chi connectivity index (χ3n) is 3.86. The van der Waals surface area contributed by atoms with Crippen molar-refractivity contribution in [1.29, 1.82) is 0 Å². The SMILES string of the molecule is CCCCCOc1ccc(/C=N\NC(=O)c2ccccc2N)cc1OCC. The molecule has 6 nitrogen and oxygen atoms in total. The second-order valence-electron chi connectivity index (χ2n) is 5.98. The van der Waals surface area contributed by atoms with Gasteiger partial charge in [-0.25, -0.2) is 5.43 Å². The summed E-state index contributed by atoms with van der Waals surface area (Å²) in [6, 6.07) is 12.4. The summed E-state index contributed by atoms with van der Waals surface area (Å²) in [5.74, 6) is 1.02. The number of benzene rings is 2. The number of nitrogens with one attached hydrogen (secondary N) is 1. The van der Waals surface area contributed by atoms with E-state index >= 15 is 0 Å². The van der Waals surface area contributed by atoms with Crippen LogP contribution in [0.4, 0.5) is 5.69 Å². The minimum atomic E-state index is -0.356. The first-order valence-electron chi connectivity index (χ1n) is 9.23. The van der Waals surface area contributed by atoms with E-state index in [9.17, 15) is 4.79 Å². The van der Waals surface area contributed by atoms with Crippen LogP contribution in [0, 0.1) is 0 Å². The summed E-state index contributed by atoms with van der Waals surface area (Å²) in [7, 11) is 0. The summed E-state index contributed by atoms with van der Waals surface area (Å²) in [5.41, 5.74) is 9.86. The number of hydrogen-bond acceptors (Lipinski definition) is 5. The normalized spacial score (nSPS) is 10.7. The summed E-state index contributed by atoms with van der Waals surface area (Å²) in [4.78, 5) is 12.1. The number of unbranched alkanes of at least 4 members (excludes halogenated alkanes) is 2. The highest BCUT2D eigenvalue weighted by molar-refractivity contribution is 5.99. The average Bonchev–Trinajstić information content (AvgIpc) is 2.67. The lowest BCUT2D eigenvalue weighted by Gasteiger charge is -2.12. The Labute approximate surface area is 160 Å². The summed E-state index contributed by atoms with van der Waals surface area (Å²) in [6.45, 7) is 5.28. The molecule has 0 aliphatic heterocycles. The maximum Gasteiger partial charge on any atom is 0.273 e. The van der Waals surface area contributed by atoms with Gasteiger partial charge in [-0.05, 0) is 49.2 Å². The van der Waals surface area contributed by atoms with Gasteiger partial charge in [-0.3, -0.25) is 4.79 Å². The van der Waals surface area contributed by atoms with Crippen LogP contribution in [0.25, 0.3) is 0 Å². The lowest BCUT2D eigenvalue weighted by molar-refractivity contribution is 0.0956. The van der Waals surface area contributed by atoms with Gasteiger partial charge in [0.15, 0.2) is 11.5 Å². The van der Waals surface area contributed by atoms with E-state index in [0.717, 1.165) is 24.8 Å². The fourth-order valence-corrected chi connectivity index (χ4v) is 2.46. The maximum atomic E-state index is 12.1. The van der Waals surface area contributed by atoms with Gasteiger partial charge in [0.1, 0.15) is 0 Å². The number of anilines is 1. The minimum absolute atomic E-state index is 0.356. The fourth-order valence-electron chi connectivity index (χ4n) is 2.46. The number of carbonyl (C=O) groups excluding carboxylic acids is 1. The first kappa shape index (κ1) is 20.3. The molecule has 0 bridgehead atoms. The number of rotatable bonds is 10. The Bertz CT molecular complexity index is 775. The van der Waals surface area contributed by atoms with Crippen molar-refractivity contribution in [1.82, 2.24) is 5.43 Å². The van der Waals surface area contributed by atoms with E-state index in [2.05, 4.69) is 17.5 Å². The van der Waals surface area contributed by atoms with Crippen molar-refractivity contribution in [3.63, 3.8) is 0 Å². The van der Waals surface area contributed by atoms with Crippen LogP contribution in [0.2, 0.25) is 0 Å². The number of ether oxygens (including phenoxy) is 2. The van der Waals surface area contributed by atoms with E-state index in [1.807, 2.05) is 25.1 Å². The van der Waals surface area contributed by atoms with Crippen molar-refractivity contribution in [2.24, 2.45) is 5.10 Å². The number of nitrogen functional groups attached to an aromatic ring is 1. The van der Waals surface area contributed by atoms with Gasteiger partial charge in [-0.1, -0.05) is 31.9 Å². The highest BCUT2D eigenvalue weighted by Gasteiger charge is 2.08. The molecule has 3 N–H and O–H groups in total. The molecule has 0 spiro atoms. The number of carbonyl (C=O) groups is 1. The third kappa shape index (κ3) is 6.33. The topological polar surface area (TPSA) is 85.9 Å². The van der Waals surface area contributed by atoms with Crippen LogP contribution in [-0.2, 0) is 0 Å². The lowest BCUT2D eigenvalue weighted by Crippen LogP contribution is -2.19. The predicted molar refractivity (Wildman–Crippen MR) is 109 cm³/mol. The second kappa shape index (κ2) is 10.9. The second-order valence-corrected chi connectivity index (χ2v) is 5.98. The Morgan fingerprint density at radius 3 is 2.67 bits per heavy atom. The largest absolute Gasteiger partial charge is 0.490 e. The summed E-state index contributed by atoms with van der Waals surface area (Å²) < 4.78 is 11.5. The molecule has 2 aromatic carbocycles. The van der Waals surface area contributed by atoms with Crippen molar-refractivity contribution >= 4 is 17.8 Å². The molecule has 0 saturated carbocycles. The summed E-state index contributed by atoms with van der Waals surface area (Å²) in [6.07, 6.45) is 4.86. The van der Waals surface area contributed by atoms with Crippen LogP contribution in [0.5, 0.6) is 11.5 Å². The van der Waals surface area contributed by atoms with Crippen molar-refractivity contribution in [2.45, 2.75) is 33.1 Å². The zero-order valence-corrected chi connectivity index (χ0v) is 15.9. The van der Waals surface area contributed by atoms with E-state index in [-0.39, 0.29) is 5.91 Å². The highest BCUT2D eigenvalue weighted by Crippen LogP contribution is 2.28. The molecule has 0 aliphatic rings. The van der Waals surface area contributed by atoms with Gasteiger partial charge in [0.05, 0.1) is 25.0 Å². The van der Waals surface area contributed by atoms with Crippen molar-refractivity contribution in [2.75, 3.05) is 18.9 Å². The van der Waals surface area contributed by atoms with Crippen molar-refractivity contribution in [3.05, 3.63) is 53.6 Å². The minimum Gasteiger partial charge on any atom is -0.490 e. The Morgan fingerprint density at radius 1 is 1.11 bits per heavy atom. The Morgan fingerprint density at radius 2 is 1.93 bits per heavy atom. The molecule has 0 heterocycles. The molecule has 1 amide bonds. The molecule has 0 radical (unpaired) electrons. The van der Waals surface area contributed by atoms with E-state index in [0.29, 0.717) is 36.0 Å². The van der Waals surface area contributed by atoms with Gasteiger partial charge in [-0.15, -0.1) is 0 Å². The van der Waals surface area contributed by atoms with Gasteiger partial charge in [0, 0.05) is 5.69 Å². The third-order valence-corrected chi connectivity index (χ3v) is 3.86. The average molecular weight is 369 g/mol. The van der Waals surface area contributed by atoms with Gasteiger partial charge >= 0.3 is 0 Å². The molecule has 0 atom stereocenters. The molecule has 0 fully saturated rings. The van der Waals surface area contributed by atoms with Gasteiger partial charge in [-0.2, -0.15) is 5.10 Å². The standard InChI is InChI=1S/C21H27N3O3/c1-3-5-8-13-27-19-12-11-16(14-20(19)26-4-2)15-23-24-21(25)17-9-6-7-10-18(17)22/h6-7,9-12,14-15H,3-5,8,13,22H2,1-2H3,(H,24,25)/b23-15-.